The fourth-order valence-electron chi connectivity index (χ4n) is 1.08. The molecular weight excluding hydrogens is 164 g/mol. The van der Waals surface area contributed by atoms with Gasteiger partial charge in [-0.3, -0.25) is 4.79 Å². The summed E-state index contributed by atoms with van der Waals surface area (Å²) < 4.78 is 4.94. The maximum absolute atomic E-state index is 11.7. The predicted molar refractivity (Wildman–Crippen MR) is 54.0 cm³/mol. The molecule has 0 saturated heterocycles. The predicted octanol–water partition coefficient (Wildman–Crippen LogP) is 2.09. The molecule has 0 fully saturated rings. The molecule has 1 aromatic rings. The van der Waals surface area contributed by atoms with E-state index in [4.69, 9.17) is 4.74 Å². The number of allylic oxidation sites excluding steroid dienone is 1. The molecule has 0 aliphatic heterocycles. The minimum absolute atomic E-state index is 0.111. The molecule has 1 aromatic carbocycles. The Morgan fingerprint density at radius 2 is 2.00 bits per heavy atom. The van der Waals surface area contributed by atoms with Crippen molar-refractivity contribution in [3.8, 4) is 5.75 Å². The Kier molecular flexibility index (Phi) is 2.85. The monoisotopic (exact) mass is 176 g/mol. The first kappa shape index (κ1) is 9.52. The number of ether oxygens (including phenoxy) is 1. The molecule has 2 nitrogen and oxygen atoms in total. The Balaban J connectivity index is 3.49. The Bertz CT molecular complexity index is 380. The average Bonchev–Trinajstić information content (AvgIpc) is 2.26. The molecule has 0 heterocycles. The van der Waals surface area contributed by atoms with Gasteiger partial charge in [-0.05, 0) is 18.6 Å². The van der Waals surface area contributed by atoms with Gasteiger partial charge in [0.1, 0.15) is 0 Å². The molecule has 0 spiro atoms. The van der Waals surface area contributed by atoms with Crippen LogP contribution in [0.1, 0.15) is 12.5 Å². The summed E-state index contributed by atoms with van der Waals surface area (Å²) in [6.07, 6.45) is 0. The van der Waals surface area contributed by atoms with Gasteiger partial charge >= 0.3 is 0 Å². The number of hydrogen-bond acceptors (Lipinski definition) is 2. The zero-order valence-electron chi connectivity index (χ0n) is 7.83. The van der Waals surface area contributed by atoms with Crippen molar-refractivity contribution in [3.63, 3.8) is 0 Å². The van der Waals surface area contributed by atoms with Crippen LogP contribution in [0.25, 0.3) is 5.57 Å². The average molecular weight is 176 g/mol. The molecule has 0 saturated carbocycles. The quantitative estimate of drug-likeness (QED) is 0.689. The van der Waals surface area contributed by atoms with Crippen molar-refractivity contribution in [2.75, 3.05) is 7.11 Å². The summed E-state index contributed by atoms with van der Waals surface area (Å²) >= 11 is 0. The van der Waals surface area contributed by atoms with Gasteiger partial charge in [0.2, 0.25) is 5.43 Å². The van der Waals surface area contributed by atoms with Crippen molar-refractivity contribution in [2.24, 2.45) is 0 Å². The molecule has 68 valence electrons. The third kappa shape index (κ3) is 1.96. The lowest BCUT2D eigenvalue weighted by Crippen LogP contribution is -2.06. The Hall–Kier alpha value is -1.57. The molecule has 1 rings (SSSR count). The van der Waals surface area contributed by atoms with Crippen LogP contribution in [0.15, 0.2) is 35.6 Å². The van der Waals surface area contributed by atoms with Crippen LogP contribution < -0.4 is 10.2 Å². The van der Waals surface area contributed by atoms with Crippen molar-refractivity contribution in [1.82, 2.24) is 0 Å². The van der Waals surface area contributed by atoms with E-state index in [9.17, 15) is 4.79 Å². The zero-order chi connectivity index (χ0) is 9.84. The van der Waals surface area contributed by atoms with Gasteiger partial charge in [0, 0.05) is 5.56 Å². The van der Waals surface area contributed by atoms with Gasteiger partial charge < -0.3 is 4.74 Å². The summed E-state index contributed by atoms with van der Waals surface area (Å²) in [6.45, 7) is 5.54. The highest BCUT2D eigenvalue weighted by Crippen LogP contribution is 2.09. The smallest absolute Gasteiger partial charge is 0.227 e. The second-order valence-corrected chi connectivity index (χ2v) is 2.81. The van der Waals surface area contributed by atoms with Crippen molar-refractivity contribution in [2.45, 2.75) is 6.92 Å². The van der Waals surface area contributed by atoms with E-state index >= 15 is 0 Å². The molecular formula is C11H12O2. The lowest BCUT2D eigenvalue weighted by molar-refractivity contribution is 0.411. The first-order valence-corrected chi connectivity index (χ1v) is 4.00. The second-order valence-electron chi connectivity index (χ2n) is 2.81. The Morgan fingerprint density at radius 3 is 2.54 bits per heavy atom. The topological polar surface area (TPSA) is 26.3 Å². The minimum Gasteiger partial charge on any atom is -0.493 e. The molecule has 0 radical (unpaired) electrons. The van der Waals surface area contributed by atoms with E-state index < -0.39 is 0 Å². The van der Waals surface area contributed by atoms with Crippen molar-refractivity contribution in [1.29, 1.82) is 0 Å². The molecule has 0 amide bonds. The Morgan fingerprint density at radius 1 is 1.38 bits per heavy atom. The maximum Gasteiger partial charge on any atom is 0.227 e. The van der Waals surface area contributed by atoms with E-state index in [1.165, 1.54) is 7.11 Å². The molecule has 0 unspecified atom stereocenters. The van der Waals surface area contributed by atoms with E-state index in [0.717, 1.165) is 5.57 Å². The van der Waals surface area contributed by atoms with Crippen LogP contribution in [0.5, 0.6) is 5.75 Å². The standard InChI is InChI=1S/C11H12O2/c1-8(2)9-6-4-5-7-10(13-3)11(9)12/h4-7H,1H2,2-3H3. The van der Waals surface area contributed by atoms with Gasteiger partial charge in [-0.2, -0.15) is 0 Å². The van der Waals surface area contributed by atoms with Crippen LogP contribution >= 0.6 is 0 Å². The van der Waals surface area contributed by atoms with E-state index in [1.807, 2.05) is 0 Å². The second kappa shape index (κ2) is 3.90. The first-order valence-electron chi connectivity index (χ1n) is 4.00. The maximum atomic E-state index is 11.7. The molecule has 0 atom stereocenters. The lowest BCUT2D eigenvalue weighted by Gasteiger charge is -1.96. The SMILES string of the molecule is C=C(C)c1ccccc(OC)c1=O. The summed E-state index contributed by atoms with van der Waals surface area (Å²) in [6, 6.07) is 6.96. The zero-order valence-corrected chi connectivity index (χ0v) is 7.83. The fraction of sp³-hybridized carbons (Fsp3) is 0.182. The fourth-order valence-corrected chi connectivity index (χ4v) is 1.08. The van der Waals surface area contributed by atoms with E-state index in [0.29, 0.717) is 11.3 Å². The van der Waals surface area contributed by atoms with Gasteiger partial charge in [0.15, 0.2) is 5.75 Å². The highest BCUT2D eigenvalue weighted by Gasteiger charge is 2.02. The van der Waals surface area contributed by atoms with Crippen molar-refractivity contribution in [3.05, 3.63) is 46.6 Å². The highest BCUT2D eigenvalue weighted by molar-refractivity contribution is 5.61. The summed E-state index contributed by atoms with van der Waals surface area (Å²) in [5.41, 5.74) is 1.24. The van der Waals surface area contributed by atoms with Crippen LogP contribution in [-0.2, 0) is 0 Å². The molecule has 0 aliphatic rings. The molecule has 2 heteroatoms. The molecule has 0 aromatic heterocycles. The van der Waals surface area contributed by atoms with Gasteiger partial charge in [0.05, 0.1) is 7.11 Å². The van der Waals surface area contributed by atoms with Crippen molar-refractivity contribution < 1.29 is 4.74 Å². The largest absolute Gasteiger partial charge is 0.493 e. The van der Waals surface area contributed by atoms with Gasteiger partial charge in [0.25, 0.3) is 0 Å². The van der Waals surface area contributed by atoms with Gasteiger partial charge in [-0.15, -0.1) is 0 Å². The third-order valence-corrected chi connectivity index (χ3v) is 1.77. The number of hydrogen-bond donors (Lipinski definition) is 0. The first-order chi connectivity index (χ1) is 6.16. The van der Waals surface area contributed by atoms with Crippen LogP contribution in [0.2, 0.25) is 0 Å². The van der Waals surface area contributed by atoms with E-state index in [1.54, 1.807) is 31.2 Å². The summed E-state index contributed by atoms with van der Waals surface area (Å²) in [5.74, 6) is 0.350. The molecule has 0 N–H and O–H groups in total. The van der Waals surface area contributed by atoms with E-state index in [2.05, 4.69) is 6.58 Å². The highest BCUT2D eigenvalue weighted by atomic mass is 16.5. The van der Waals surface area contributed by atoms with Crippen molar-refractivity contribution >= 4 is 5.57 Å². The molecule has 0 aliphatic carbocycles. The molecule has 13 heavy (non-hydrogen) atoms. The minimum atomic E-state index is -0.111. The van der Waals surface area contributed by atoms with Gasteiger partial charge in [-0.25, -0.2) is 0 Å². The number of rotatable bonds is 2. The van der Waals surface area contributed by atoms with Crippen LogP contribution in [0, 0.1) is 0 Å². The Labute approximate surface area is 77.5 Å². The van der Waals surface area contributed by atoms with Gasteiger partial charge in [-0.1, -0.05) is 24.8 Å². The van der Waals surface area contributed by atoms with E-state index in [-0.39, 0.29) is 5.43 Å². The van der Waals surface area contributed by atoms with Crippen LogP contribution in [0.3, 0.4) is 0 Å². The lowest BCUT2D eigenvalue weighted by atomic mass is 10.1. The third-order valence-electron chi connectivity index (χ3n) is 1.77. The summed E-state index contributed by atoms with van der Waals surface area (Å²) in [7, 11) is 1.49. The summed E-state index contributed by atoms with van der Waals surface area (Å²) in [4.78, 5) is 11.7. The summed E-state index contributed by atoms with van der Waals surface area (Å²) in [5, 5.41) is 0. The normalized spacial score (nSPS) is 9.38. The number of methoxy groups -OCH3 is 1. The van der Waals surface area contributed by atoms with Crippen LogP contribution in [0.4, 0.5) is 0 Å². The molecule has 0 bridgehead atoms. The van der Waals surface area contributed by atoms with Crippen LogP contribution in [-0.4, -0.2) is 7.11 Å².